The van der Waals surface area contributed by atoms with Gasteiger partial charge in [0.1, 0.15) is 0 Å². The lowest BCUT2D eigenvalue weighted by Crippen LogP contribution is -2.49. The second-order valence-corrected chi connectivity index (χ2v) is 4.78. The van der Waals surface area contributed by atoms with Gasteiger partial charge in [-0.2, -0.15) is 5.26 Å². The summed E-state index contributed by atoms with van der Waals surface area (Å²) in [5, 5.41) is 18.2. The van der Waals surface area contributed by atoms with Gasteiger partial charge in [0.25, 0.3) is 0 Å². The Morgan fingerprint density at radius 3 is 2.47 bits per heavy atom. The zero-order chi connectivity index (χ0) is 10.7. The Morgan fingerprint density at radius 1 is 1.20 bits per heavy atom. The molecule has 0 heterocycles. The van der Waals surface area contributed by atoms with Gasteiger partial charge in [0.15, 0.2) is 0 Å². The molecule has 2 aliphatic carbocycles. The molecule has 0 aromatic carbocycles. The molecular formula is C12H20N2O. The Morgan fingerprint density at radius 2 is 1.93 bits per heavy atom. The van der Waals surface area contributed by atoms with Crippen LogP contribution in [0.1, 0.15) is 38.5 Å². The molecule has 0 spiro atoms. The fourth-order valence-electron chi connectivity index (χ4n) is 2.94. The topological polar surface area (TPSA) is 47.3 Å². The van der Waals surface area contributed by atoms with Gasteiger partial charge in [0, 0.05) is 18.6 Å². The molecule has 0 bridgehead atoms. The average Bonchev–Trinajstić information content (AvgIpc) is 2.61. The van der Waals surface area contributed by atoms with Crippen LogP contribution < -0.4 is 0 Å². The van der Waals surface area contributed by atoms with Crippen LogP contribution >= 0.6 is 0 Å². The maximum Gasteiger partial charge on any atom is 0.0672 e. The first-order valence-electron chi connectivity index (χ1n) is 6.13. The van der Waals surface area contributed by atoms with Crippen LogP contribution in [0.2, 0.25) is 0 Å². The van der Waals surface area contributed by atoms with Gasteiger partial charge in [0.2, 0.25) is 0 Å². The van der Waals surface area contributed by atoms with Crippen LogP contribution in [0.4, 0.5) is 0 Å². The SMILES string of the molecule is N#CC1CCCC1N(CCO)C1CCC1. The predicted octanol–water partition coefficient (Wildman–Crippen LogP) is 1.53. The fourth-order valence-corrected chi connectivity index (χ4v) is 2.94. The maximum absolute atomic E-state index is 9.10. The summed E-state index contributed by atoms with van der Waals surface area (Å²) < 4.78 is 0. The molecule has 2 atom stereocenters. The summed E-state index contributed by atoms with van der Waals surface area (Å²) in [5.74, 6) is 0.206. The number of hydrogen-bond donors (Lipinski definition) is 1. The highest BCUT2D eigenvalue weighted by Crippen LogP contribution is 2.35. The smallest absolute Gasteiger partial charge is 0.0672 e. The highest BCUT2D eigenvalue weighted by Gasteiger charge is 2.37. The highest BCUT2D eigenvalue weighted by atomic mass is 16.3. The first-order chi connectivity index (χ1) is 7.36. The largest absolute Gasteiger partial charge is 0.395 e. The molecule has 1 N–H and O–H groups in total. The van der Waals surface area contributed by atoms with Gasteiger partial charge >= 0.3 is 0 Å². The summed E-state index contributed by atoms with van der Waals surface area (Å²) in [6.07, 6.45) is 7.21. The van der Waals surface area contributed by atoms with Crippen LogP contribution in [-0.4, -0.2) is 35.2 Å². The molecule has 2 aliphatic rings. The number of hydrogen-bond acceptors (Lipinski definition) is 3. The van der Waals surface area contributed by atoms with Gasteiger partial charge in [-0.3, -0.25) is 4.90 Å². The Hall–Kier alpha value is -0.590. The lowest BCUT2D eigenvalue weighted by molar-refractivity contribution is 0.0521. The van der Waals surface area contributed by atoms with E-state index < -0.39 is 0 Å². The van der Waals surface area contributed by atoms with E-state index in [4.69, 9.17) is 10.4 Å². The fraction of sp³-hybridized carbons (Fsp3) is 0.917. The van der Waals surface area contributed by atoms with E-state index in [1.165, 1.54) is 25.7 Å². The zero-order valence-electron chi connectivity index (χ0n) is 9.23. The van der Waals surface area contributed by atoms with Gasteiger partial charge < -0.3 is 5.11 Å². The molecule has 0 aromatic rings. The second kappa shape index (κ2) is 4.96. The summed E-state index contributed by atoms with van der Waals surface area (Å²) in [7, 11) is 0. The monoisotopic (exact) mass is 208 g/mol. The van der Waals surface area contributed by atoms with Crippen LogP contribution in [0.3, 0.4) is 0 Å². The Balaban J connectivity index is 1.99. The highest BCUT2D eigenvalue weighted by molar-refractivity contribution is 4.99. The third-order valence-electron chi connectivity index (χ3n) is 3.97. The van der Waals surface area contributed by atoms with Crippen LogP contribution in [0.15, 0.2) is 0 Å². The average molecular weight is 208 g/mol. The Bertz CT molecular complexity index is 244. The van der Waals surface area contributed by atoms with Crippen molar-refractivity contribution in [2.45, 2.75) is 50.6 Å². The number of nitrogens with zero attached hydrogens (tertiary/aromatic N) is 2. The molecule has 3 heteroatoms. The predicted molar refractivity (Wildman–Crippen MR) is 58.2 cm³/mol. The van der Waals surface area contributed by atoms with Crippen molar-refractivity contribution >= 4 is 0 Å². The summed E-state index contributed by atoms with van der Waals surface area (Å²) in [6.45, 7) is 0.985. The van der Waals surface area contributed by atoms with Crippen molar-refractivity contribution < 1.29 is 5.11 Å². The van der Waals surface area contributed by atoms with Crippen molar-refractivity contribution in [2.24, 2.45) is 5.92 Å². The van der Waals surface area contributed by atoms with Crippen molar-refractivity contribution in [1.82, 2.24) is 4.90 Å². The molecule has 84 valence electrons. The van der Waals surface area contributed by atoms with Crippen molar-refractivity contribution in [3.8, 4) is 6.07 Å². The molecule has 0 aliphatic heterocycles. The molecular weight excluding hydrogens is 188 g/mol. The molecule has 0 amide bonds. The minimum absolute atomic E-state index is 0.206. The number of nitriles is 1. The molecule has 2 unspecified atom stereocenters. The Labute approximate surface area is 91.7 Å². The minimum atomic E-state index is 0.206. The third kappa shape index (κ3) is 2.16. The zero-order valence-corrected chi connectivity index (χ0v) is 9.23. The molecule has 2 rings (SSSR count). The summed E-state index contributed by atoms with van der Waals surface area (Å²) in [4.78, 5) is 2.41. The van der Waals surface area contributed by atoms with Crippen LogP contribution in [0, 0.1) is 17.2 Å². The van der Waals surface area contributed by atoms with Crippen molar-refractivity contribution in [1.29, 1.82) is 5.26 Å². The molecule has 3 nitrogen and oxygen atoms in total. The van der Waals surface area contributed by atoms with Gasteiger partial charge in [-0.15, -0.1) is 0 Å². The van der Waals surface area contributed by atoms with E-state index in [1.807, 2.05) is 0 Å². The van der Waals surface area contributed by atoms with E-state index in [-0.39, 0.29) is 12.5 Å². The van der Waals surface area contributed by atoms with Gasteiger partial charge in [-0.05, 0) is 25.7 Å². The van der Waals surface area contributed by atoms with Crippen LogP contribution in [0.25, 0.3) is 0 Å². The second-order valence-electron chi connectivity index (χ2n) is 4.78. The molecule has 15 heavy (non-hydrogen) atoms. The lowest BCUT2D eigenvalue weighted by Gasteiger charge is -2.42. The van der Waals surface area contributed by atoms with E-state index in [9.17, 15) is 0 Å². The normalized spacial score (nSPS) is 31.5. The summed E-state index contributed by atoms with van der Waals surface area (Å²) in [5.41, 5.74) is 0. The summed E-state index contributed by atoms with van der Waals surface area (Å²) >= 11 is 0. The lowest BCUT2D eigenvalue weighted by atomic mass is 9.88. The Kier molecular flexibility index (Phi) is 3.61. The third-order valence-corrected chi connectivity index (χ3v) is 3.97. The first kappa shape index (κ1) is 10.9. The van der Waals surface area contributed by atoms with Crippen LogP contribution in [-0.2, 0) is 0 Å². The van der Waals surface area contributed by atoms with Gasteiger partial charge in [-0.25, -0.2) is 0 Å². The van der Waals surface area contributed by atoms with Crippen molar-refractivity contribution in [3.63, 3.8) is 0 Å². The number of aliphatic hydroxyl groups is 1. The van der Waals surface area contributed by atoms with Gasteiger partial charge in [0.05, 0.1) is 18.6 Å². The molecule has 2 saturated carbocycles. The summed E-state index contributed by atoms with van der Waals surface area (Å²) in [6, 6.07) is 3.51. The maximum atomic E-state index is 9.10. The minimum Gasteiger partial charge on any atom is -0.395 e. The van der Waals surface area contributed by atoms with E-state index in [0.717, 1.165) is 19.4 Å². The van der Waals surface area contributed by atoms with E-state index in [1.54, 1.807) is 0 Å². The first-order valence-corrected chi connectivity index (χ1v) is 6.13. The van der Waals surface area contributed by atoms with Crippen molar-refractivity contribution in [3.05, 3.63) is 0 Å². The molecule has 2 fully saturated rings. The molecule has 0 radical (unpaired) electrons. The molecule has 0 aromatic heterocycles. The van der Waals surface area contributed by atoms with E-state index in [2.05, 4.69) is 11.0 Å². The quantitative estimate of drug-likeness (QED) is 0.762. The number of aliphatic hydroxyl groups excluding tert-OH is 1. The standard InChI is InChI=1S/C12H20N2O/c13-9-10-3-1-6-12(10)14(7-8-15)11-4-2-5-11/h10-12,15H,1-8H2. The molecule has 0 saturated heterocycles. The van der Waals surface area contributed by atoms with Gasteiger partial charge in [-0.1, -0.05) is 12.8 Å². The number of rotatable bonds is 4. The van der Waals surface area contributed by atoms with Crippen LogP contribution in [0.5, 0.6) is 0 Å². The van der Waals surface area contributed by atoms with E-state index >= 15 is 0 Å². The van der Waals surface area contributed by atoms with E-state index in [0.29, 0.717) is 12.1 Å². The van der Waals surface area contributed by atoms with Crippen molar-refractivity contribution in [2.75, 3.05) is 13.2 Å².